The smallest absolute Gasteiger partial charge is 0.297 e. The topological polar surface area (TPSA) is 637 Å². The van der Waals surface area contributed by atoms with E-state index in [2.05, 4.69) is 0 Å². The third kappa shape index (κ3) is 15.4. The van der Waals surface area contributed by atoms with Crippen LogP contribution in [0.25, 0.3) is 21.9 Å². The summed E-state index contributed by atoms with van der Waals surface area (Å²) in [6, 6.07) is 11.4. The average Bonchev–Trinajstić information content (AvgIpc) is 1.40. The first kappa shape index (κ1) is 80.0. The van der Waals surface area contributed by atoms with E-state index in [0.717, 1.165) is 48.5 Å². The van der Waals surface area contributed by atoms with Crippen molar-refractivity contribution in [1.82, 2.24) is 0 Å². The van der Waals surface area contributed by atoms with Crippen molar-refractivity contribution >= 4 is 52.3 Å². The Labute approximate surface area is 599 Å². The molecule has 35 atom stereocenters. The van der Waals surface area contributed by atoms with Crippen molar-refractivity contribution in [2.75, 3.05) is 46.2 Å². The van der Waals surface area contributed by atoms with Gasteiger partial charge >= 0.3 is 0 Å². The molecule has 0 aliphatic carbocycles. The maximum absolute atomic E-state index is 14.5. The minimum atomic E-state index is -5.16. The van der Waals surface area contributed by atoms with Gasteiger partial charge in [-0.25, -0.2) is 0 Å². The van der Waals surface area contributed by atoms with Crippen molar-refractivity contribution in [2.24, 2.45) is 0 Å². The van der Waals surface area contributed by atoms with E-state index in [0.29, 0.717) is 5.56 Å². The largest absolute Gasteiger partial charge is 0.456 e. The molecule has 0 unspecified atom stereocenters. The third-order valence-electron chi connectivity index (χ3n) is 19.7. The predicted molar refractivity (Wildman–Crippen MR) is 331 cm³/mol. The molecule has 0 amide bonds. The lowest BCUT2D eigenvalue weighted by Crippen LogP contribution is -2.68. The summed E-state index contributed by atoms with van der Waals surface area (Å²) >= 11 is 0. The zero-order valence-corrected chi connectivity index (χ0v) is 57.5. The fraction of sp³-hybridized carbons (Fsp3) is 0.705. The molecule has 0 spiro atoms. The Hall–Kier alpha value is -4.09. The first-order valence-electron chi connectivity index (χ1n) is 33.1. The molecule has 594 valence electrons. The van der Waals surface area contributed by atoms with Crippen LogP contribution in [-0.2, 0) is 109 Å². The molecule has 106 heavy (non-hydrogen) atoms. The van der Waals surface area contributed by atoms with Crippen LogP contribution in [0.15, 0.2) is 79.8 Å². The summed E-state index contributed by atoms with van der Waals surface area (Å²) in [5, 5.41) is 209. The molecule has 3 aromatic carbocycles. The molecular weight excluding hydrogens is 1500 g/mol. The van der Waals surface area contributed by atoms with Crippen molar-refractivity contribution < 1.29 is 200 Å². The number of hydrogen-bond donors (Lipinski definition) is 18. The lowest BCUT2D eigenvalue weighted by Gasteiger charge is -2.50. The van der Waals surface area contributed by atoms with Gasteiger partial charge in [-0.05, 0) is 55.5 Å². The number of fused-ring (bicyclic) bond motifs is 6. The van der Waals surface area contributed by atoms with E-state index in [9.17, 15) is 117 Å². The van der Waals surface area contributed by atoms with Crippen LogP contribution < -0.4 is 0 Å². The van der Waals surface area contributed by atoms with E-state index < -0.39 is 306 Å². The van der Waals surface area contributed by atoms with Gasteiger partial charge in [-0.15, -0.1) is 0 Å². The van der Waals surface area contributed by atoms with Gasteiger partial charge in [-0.1, -0.05) is 17.7 Å². The van der Waals surface area contributed by atoms with Crippen LogP contribution in [0.3, 0.4) is 0 Å². The fourth-order valence-electron chi connectivity index (χ4n) is 13.8. The van der Waals surface area contributed by atoms with E-state index in [1.807, 2.05) is 0 Å². The molecule has 17 fully saturated rings. The second-order valence-corrected chi connectivity index (χ2v) is 31.4. The molecule has 1 aromatic heterocycles. The highest BCUT2D eigenvalue weighted by molar-refractivity contribution is 7.87. The molecule has 20 heterocycles. The quantitative estimate of drug-likeness (QED) is 0.0729. The van der Waals surface area contributed by atoms with Crippen LogP contribution >= 0.6 is 0 Å². The minimum Gasteiger partial charge on any atom is -0.456 e. The van der Waals surface area contributed by atoms with Gasteiger partial charge in [0.1, 0.15) is 182 Å². The highest BCUT2D eigenvalue weighted by atomic mass is 32.2. The predicted octanol–water partition coefficient (Wildman–Crippen LogP) is -10.5. The monoisotopic (exact) mass is 1580 g/mol. The van der Waals surface area contributed by atoms with Crippen molar-refractivity contribution in [3.05, 3.63) is 66.2 Å². The zero-order valence-electron chi connectivity index (χ0n) is 55.0. The SMILES string of the molecule is Cc1ccc(S(=O)(=O)OC[C@H]2O[C@@H]3O[C@H]4[C@H](O)[C@@H](O)[C@H]5O[C@H]6[C@H](O)[C@@H](O)[C@@H](O[C@H]7[C@H](O)[C@@H](O)[C@@H](O[C@H]8[C@H](O)[C@@H](O)[C@@H](O[C@H]9[C@H](O)[C@@H](O)[C@@H](O[C@H]%10[C@H](O)[C@@H](O)[C@@H](O[C@H]2[C@H](O)[C@H]3O)O[C@@H]%10CO)O[C@@H]9CO)O[C@@H]8CO)O[C@@H]7COS(=O)(=O)c2ccc3oc7ccc(cc7c3c2)S(=O)(=O)OC[C@H]4O5)O[C@@H]6CO)cc1. The summed E-state index contributed by atoms with van der Waals surface area (Å²) in [5.74, 6) is 0. The fourth-order valence-corrected chi connectivity index (χ4v) is 16.6. The number of benzene rings is 3. The molecule has 0 saturated carbocycles. The van der Waals surface area contributed by atoms with Gasteiger partial charge in [0.2, 0.25) is 0 Å². The number of aliphatic hydroxyl groups is 18. The Morgan fingerprint density at radius 1 is 0.358 bits per heavy atom. The molecule has 23 rings (SSSR count). The summed E-state index contributed by atoms with van der Waals surface area (Å²) in [6.07, 6.45) is -79.0. The van der Waals surface area contributed by atoms with Gasteiger partial charge in [-0.3, -0.25) is 12.5 Å². The van der Waals surface area contributed by atoms with Crippen LogP contribution in [0.2, 0.25) is 0 Å². The van der Waals surface area contributed by atoms with Crippen LogP contribution in [0, 0.1) is 6.92 Å². The molecule has 4 aromatic rings. The van der Waals surface area contributed by atoms with Gasteiger partial charge < -0.3 is 163 Å². The molecule has 42 nitrogen and oxygen atoms in total. The van der Waals surface area contributed by atoms with Gasteiger partial charge in [0, 0.05) is 10.8 Å². The number of furan rings is 1. The Morgan fingerprint density at radius 2 is 0.632 bits per heavy atom. The Kier molecular flexibility index (Phi) is 24.0. The zero-order chi connectivity index (χ0) is 76.1. The standard InChI is InChI=1S/C61H80O42S3/c1-19-2-4-20(5-3-19)104(80,81)86-16-31-52-40(72)47(79)61(96-31)103-54-33-18-88-106(84,85)22-7-9-26-24(11-22)23-10-21(6-8-25(23)89-26)105(82,83)87-17-32-53(102-58-44(76)37(69)51(30(15-65)93-58)100-60(95-33)46(78)39(54)71)38(70)45(77)59(94-32)99-50-29(14-64)91-56(42(74)35(50)67)97-48-27(12-62)90-55(41(73)34(48)66)98-49-28(13-63)92-57(101-52)43(75)36(49)68/h2-11,27-79H,12-18H2,1H3/t27-,28-,29-,30-,31-,32-,33-,34-,35-,36-,37-,38-,39-,40-,41-,42-,43-,44-,45-,46-,47-,48-,49-,50-,51-,52-,53-,54-,55-,56-,57-,58-,59-,60-,61-/m1/s1. The Bertz CT molecular complexity index is 4020. The molecule has 0 radical (unpaired) electrons. The van der Waals surface area contributed by atoms with E-state index in [4.69, 9.17) is 83.3 Å². The molecule has 20 bridgehead atoms. The van der Waals surface area contributed by atoms with Crippen LogP contribution in [-0.4, -0.2) is 378 Å². The summed E-state index contributed by atoms with van der Waals surface area (Å²) in [7, 11) is -15.1. The van der Waals surface area contributed by atoms with Crippen LogP contribution in [0.4, 0.5) is 0 Å². The van der Waals surface area contributed by atoms with E-state index in [-0.39, 0.29) is 21.9 Å². The van der Waals surface area contributed by atoms with Gasteiger partial charge in [0.15, 0.2) is 44.0 Å². The lowest BCUT2D eigenvalue weighted by atomic mass is 9.95. The average molecular weight is 1580 g/mol. The molecule has 17 saturated heterocycles. The van der Waals surface area contributed by atoms with E-state index in [1.54, 1.807) is 6.92 Å². The van der Waals surface area contributed by atoms with Crippen LogP contribution in [0.5, 0.6) is 0 Å². The highest BCUT2D eigenvalue weighted by Gasteiger charge is 2.60. The summed E-state index contributed by atoms with van der Waals surface area (Å²) in [4.78, 5) is -1.78. The Balaban J connectivity index is 0.909. The lowest BCUT2D eigenvalue weighted by molar-refractivity contribution is -0.396. The number of hydrogen-bond acceptors (Lipinski definition) is 42. The molecule has 19 aliphatic rings. The van der Waals surface area contributed by atoms with Gasteiger partial charge in [0.05, 0.1) is 60.9 Å². The van der Waals surface area contributed by atoms with Crippen molar-refractivity contribution in [2.45, 2.75) is 237 Å². The highest BCUT2D eigenvalue weighted by Crippen LogP contribution is 2.41. The number of ether oxygens (including phenoxy) is 14. The normalized spacial score (nSPS) is 45.5. The third-order valence-corrected chi connectivity index (χ3v) is 23.6. The second kappa shape index (κ2) is 31.8. The Morgan fingerprint density at radius 3 is 0.943 bits per heavy atom. The van der Waals surface area contributed by atoms with Crippen molar-refractivity contribution in [3.8, 4) is 0 Å². The van der Waals surface area contributed by atoms with E-state index >= 15 is 0 Å². The molecular formula is C61H80O42S3. The first-order chi connectivity index (χ1) is 50.3. The number of rotatable bonds is 8. The summed E-state index contributed by atoms with van der Waals surface area (Å²) in [6.45, 7) is -6.93. The molecule has 18 N–H and O–H groups in total. The number of aliphatic hydroxyl groups excluding tert-OH is 18. The first-order valence-corrected chi connectivity index (χ1v) is 37.3. The van der Waals surface area contributed by atoms with Gasteiger partial charge in [-0.2, -0.15) is 25.3 Å². The maximum atomic E-state index is 14.5. The minimum absolute atomic E-state index is 0.0359. The number of aryl methyl sites for hydroxylation is 1. The maximum Gasteiger partial charge on any atom is 0.297 e. The summed E-state index contributed by atoms with van der Waals surface area (Å²) in [5.41, 5.74) is 0.539. The van der Waals surface area contributed by atoms with Crippen molar-refractivity contribution in [1.29, 1.82) is 0 Å². The summed E-state index contributed by atoms with van der Waals surface area (Å²) < 4.78 is 190. The van der Waals surface area contributed by atoms with Crippen molar-refractivity contribution in [3.63, 3.8) is 0 Å². The van der Waals surface area contributed by atoms with Crippen LogP contribution in [0.1, 0.15) is 5.56 Å². The molecule has 45 heteroatoms. The van der Waals surface area contributed by atoms with E-state index in [1.165, 1.54) is 12.1 Å². The molecule has 19 aliphatic heterocycles. The van der Waals surface area contributed by atoms with Gasteiger partial charge in [0.25, 0.3) is 30.4 Å². The second-order valence-electron chi connectivity index (χ2n) is 26.6.